The van der Waals surface area contributed by atoms with Crippen LogP contribution in [0.1, 0.15) is 28.3 Å². The van der Waals surface area contributed by atoms with Gasteiger partial charge in [0.2, 0.25) is 0 Å². The highest BCUT2D eigenvalue weighted by molar-refractivity contribution is 6.06. The van der Waals surface area contributed by atoms with Gasteiger partial charge in [0, 0.05) is 6.54 Å². The van der Waals surface area contributed by atoms with E-state index < -0.39 is 12.5 Å². The second kappa shape index (κ2) is 8.52. The highest BCUT2D eigenvalue weighted by Gasteiger charge is 2.29. The third-order valence-electron chi connectivity index (χ3n) is 4.71. The fourth-order valence-corrected chi connectivity index (χ4v) is 3.40. The minimum Gasteiger partial charge on any atom is -0.486 e. The lowest BCUT2D eigenvalue weighted by molar-refractivity contribution is -0.0495. The predicted octanol–water partition coefficient (Wildman–Crippen LogP) is 5.19. The molecule has 0 fully saturated rings. The summed E-state index contributed by atoms with van der Waals surface area (Å²) >= 11 is 0. The van der Waals surface area contributed by atoms with E-state index in [4.69, 9.17) is 9.15 Å². The molecule has 0 bridgehead atoms. The predicted molar refractivity (Wildman–Crippen MR) is 103 cm³/mol. The van der Waals surface area contributed by atoms with Crippen LogP contribution in [0, 0.1) is 5.82 Å². The van der Waals surface area contributed by atoms with Crippen LogP contribution >= 0.6 is 0 Å². The van der Waals surface area contributed by atoms with E-state index in [0.29, 0.717) is 36.6 Å². The smallest absolute Gasteiger partial charge is 0.387 e. The van der Waals surface area contributed by atoms with Gasteiger partial charge in [0.15, 0.2) is 5.76 Å². The molecule has 0 atom stereocenters. The highest BCUT2D eigenvalue weighted by Crippen LogP contribution is 2.38. The number of fused-ring (bicyclic) bond motifs is 1. The number of hydrogen-bond acceptors (Lipinski definition) is 4. The van der Waals surface area contributed by atoms with E-state index >= 15 is 0 Å². The number of halogens is 3. The van der Waals surface area contributed by atoms with Gasteiger partial charge in [-0.15, -0.1) is 0 Å². The molecule has 156 valence electrons. The molecule has 1 aliphatic heterocycles. The third kappa shape index (κ3) is 4.27. The quantitative estimate of drug-likeness (QED) is 0.554. The summed E-state index contributed by atoms with van der Waals surface area (Å²) in [5.74, 6) is 0.0605. The molecule has 1 aromatic heterocycles. The maximum atomic E-state index is 13.0. The summed E-state index contributed by atoms with van der Waals surface area (Å²) in [6, 6.07) is 13.5. The topological polar surface area (TPSA) is 51.9 Å². The van der Waals surface area contributed by atoms with E-state index in [2.05, 4.69) is 4.74 Å². The van der Waals surface area contributed by atoms with E-state index in [-0.39, 0.29) is 23.9 Å². The normalized spacial score (nSPS) is 13.3. The van der Waals surface area contributed by atoms with Crippen LogP contribution in [0.2, 0.25) is 0 Å². The van der Waals surface area contributed by atoms with E-state index in [9.17, 15) is 18.0 Å². The molecule has 1 aliphatic rings. The number of carbonyl (C=O) groups excluding carboxylic acids is 1. The Hall–Kier alpha value is -3.42. The first kappa shape index (κ1) is 19.9. The summed E-state index contributed by atoms with van der Waals surface area (Å²) in [7, 11) is 0. The lowest BCUT2D eigenvalue weighted by Crippen LogP contribution is -2.35. The molecule has 0 radical (unpaired) electrons. The van der Waals surface area contributed by atoms with E-state index in [1.165, 1.54) is 41.3 Å². The number of para-hydroxylation sites is 1. The maximum absolute atomic E-state index is 13.0. The fraction of sp³-hybridized carbons (Fsp3) is 0.227. The van der Waals surface area contributed by atoms with Gasteiger partial charge >= 0.3 is 6.61 Å². The Labute approximate surface area is 170 Å². The third-order valence-corrected chi connectivity index (χ3v) is 4.71. The molecular formula is C22H18F3NO4. The number of alkyl halides is 2. The number of nitrogens with zero attached hydrogens (tertiary/aromatic N) is 1. The number of anilines is 1. The molecule has 0 N–H and O–H groups in total. The Balaban J connectivity index is 1.51. The molecule has 30 heavy (non-hydrogen) atoms. The number of benzene rings is 2. The summed E-state index contributed by atoms with van der Waals surface area (Å²) in [6.07, 6.45) is 1.35. The van der Waals surface area contributed by atoms with Crippen molar-refractivity contribution in [3.8, 4) is 11.5 Å². The van der Waals surface area contributed by atoms with Crippen LogP contribution in [0.15, 0.2) is 59.0 Å². The molecule has 0 unspecified atom stereocenters. The molecule has 5 nitrogen and oxygen atoms in total. The summed E-state index contributed by atoms with van der Waals surface area (Å²) < 4.78 is 54.3. The lowest BCUT2D eigenvalue weighted by atomic mass is 10.0. The van der Waals surface area contributed by atoms with E-state index in [1.54, 1.807) is 18.2 Å². The zero-order valence-electron chi connectivity index (χ0n) is 15.8. The van der Waals surface area contributed by atoms with Crippen molar-refractivity contribution in [2.75, 3.05) is 11.4 Å². The summed E-state index contributed by atoms with van der Waals surface area (Å²) in [4.78, 5) is 14.4. The van der Waals surface area contributed by atoms with Gasteiger partial charge in [-0.05, 0) is 60.9 Å². The lowest BCUT2D eigenvalue weighted by Gasteiger charge is -2.30. The van der Waals surface area contributed by atoms with Crippen molar-refractivity contribution in [3.63, 3.8) is 0 Å². The van der Waals surface area contributed by atoms with Crippen LogP contribution in [0.3, 0.4) is 0 Å². The average molecular weight is 417 g/mol. The van der Waals surface area contributed by atoms with Crippen molar-refractivity contribution in [1.82, 2.24) is 0 Å². The van der Waals surface area contributed by atoms with Crippen LogP contribution in [0.4, 0.5) is 18.9 Å². The van der Waals surface area contributed by atoms with Gasteiger partial charge in [0.05, 0.1) is 5.69 Å². The number of hydrogen-bond donors (Lipinski definition) is 0. The zero-order valence-corrected chi connectivity index (χ0v) is 15.8. The first-order valence-corrected chi connectivity index (χ1v) is 9.37. The van der Waals surface area contributed by atoms with Crippen molar-refractivity contribution in [2.24, 2.45) is 0 Å². The summed E-state index contributed by atoms with van der Waals surface area (Å²) in [6.45, 7) is -2.58. The van der Waals surface area contributed by atoms with Gasteiger partial charge < -0.3 is 18.8 Å². The molecule has 2 heterocycles. The molecule has 0 saturated carbocycles. The van der Waals surface area contributed by atoms with E-state index in [0.717, 1.165) is 5.56 Å². The summed E-state index contributed by atoms with van der Waals surface area (Å²) in [5, 5.41) is 0. The van der Waals surface area contributed by atoms with Crippen LogP contribution in [0.5, 0.6) is 11.5 Å². The van der Waals surface area contributed by atoms with Gasteiger partial charge in [-0.1, -0.05) is 12.1 Å². The SMILES string of the molecule is O=C(c1ccc(COc2ccc(F)cc2)o1)N1CCCc2cccc(OC(F)F)c21. The maximum Gasteiger partial charge on any atom is 0.387 e. The molecule has 8 heteroatoms. The molecule has 3 aromatic rings. The number of furan rings is 1. The molecular weight excluding hydrogens is 399 g/mol. The molecule has 4 rings (SSSR count). The van der Waals surface area contributed by atoms with Crippen LogP contribution in [0.25, 0.3) is 0 Å². The second-order valence-corrected chi connectivity index (χ2v) is 6.71. The van der Waals surface area contributed by atoms with Gasteiger partial charge in [0.25, 0.3) is 5.91 Å². The second-order valence-electron chi connectivity index (χ2n) is 6.71. The van der Waals surface area contributed by atoms with Crippen molar-refractivity contribution in [1.29, 1.82) is 0 Å². The molecule has 0 aliphatic carbocycles. The standard InChI is InChI=1S/C22H18F3NO4/c23-15-6-8-16(9-7-15)28-13-17-10-11-19(29-17)21(27)26-12-2-4-14-3-1-5-18(20(14)26)30-22(24)25/h1,3,5-11,22H,2,4,12-13H2. The number of aryl methyl sites for hydroxylation is 1. The number of carbonyl (C=O) groups is 1. The molecule has 0 saturated heterocycles. The fourth-order valence-electron chi connectivity index (χ4n) is 3.40. The highest BCUT2D eigenvalue weighted by atomic mass is 19.3. The minimum atomic E-state index is -2.99. The van der Waals surface area contributed by atoms with Gasteiger partial charge in [0.1, 0.15) is 29.7 Å². The van der Waals surface area contributed by atoms with Crippen LogP contribution < -0.4 is 14.4 Å². The van der Waals surface area contributed by atoms with E-state index in [1.807, 2.05) is 0 Å². The molecule has 2 aromatic carbocycles. The monoisotopic (exact) mass is 417 g/mol. The minimum absolute atomic E-state index is 0.0398. The average Bonchev–Trinajstić information content (AvgIpc) is 3.21. The Morgan fingerprint density at radius 2 is 1.90 bits per heavy atom. The number of amides is 1. The Morgan fingerprint density at radius 3 is 2.67 bits per heavy atom. The Kier molecular flexibility index (Phi) is 5.65. The summed E-state index contributed by atoms with van der Waals surface area (Å²) in [5.41, 5.74) is 1.11. The van der Waals surface area contributed by atoms with Gasteiger partial charge in [-0.25, -0.2) is 4.39 Å². The molecule has 0 spiro atoms. The van der Waals surface area contributed by atoms with Crippen molar-refractivity contribution in [2.45, 2.75) is 26.1 Å². The number of rotatable bonds is 6. The molecule has 1 amide bonds. The first-order chi connectivity index (χ1) is 14.5. The van der Waals surface area contributed by atoms with Gasteiger partial charge in [-0.3, -0.25) is 4.79 Å². The van der Waals surface area contributed by atoms with Crippen molar-refractivity contribution >= 4 is 11.6 Å². The van der Waals surface area contributed by atoms with Crippen molar-refractivity contribution in [3.05, 3.63) is 77.5 Å². The number of ether oxygens (including phenoxy) is 2. The largest absolute Gasteiger partial charge is 0.486 e. The first-order valence-electron chi connectivity index (χ1n) is 9.37. The van der Waals surface area contributed by atoms with Crippen LogP contribution in [-0.2, 0) is 13.0 Å². The van der Waals surface area contributed by atoms with Crippen LogP contribution in [-0.4, -0.2) is 19.1 Å². The zero-order chi connectivity index (χ0) is 21.1. The Morgan fingerprint density at radius 1 is 1.10 bits per heavy atom. The van der Waals surface area contributed by atoms with Gasteiger partial charge in [-0.2, -0.15) is 8.78 Å². The van der Waals surface area contributed by atoms with Crippen molar-refractivity contribution < 1.29 is 31.9 Å². The Bertz CT molecular complexity index is 1030.